The molecular formula is C34H43N9O3. The van der Waals surface area contributed by atoms with Crippen LogP contribution < -0.4 is 14.5 Å². The fraction of sp³-hybridized carbons (Fsp3) is 0.529. The number of aryl methyl sites for hydroxylation is 1. The van der Waals surface area contributed by atoms with Crippen molar-refractivity contribution in [2.75, 3.05) is 89.0 Å². The normalized spacial score (nSPS) is 20.8. The Morgan fingerprint density at radius 2 is 1.93 bits per heavy atom. The number of benzene rings is 1. The maximum Gasteiger partial charge on any atom is 0.248 e. The molecule has 4 aliphatic heterocycles. The second-order valence-electron chi connectivity index (χ2n) is 12.8. The van der Waals surface area contributed by atoms with Crippen molar-refractivity contribution in [1.82, 2.24) is 29.9 Å². The topological polar surface area (TPSA) is 117 Å². The number of likely N-dealkylation sites (N-methyl/N-ethyl adjacent to an activating group) is 1. The number of nitriles is 1. The van der Waals surface area contributed by atoms with E-state index in [4.69, 9.17) is 14.5 Å². The first-order chi connectivity index (χ1) is 22.5. The van der Waals surface area contributed by atoms with Crippen molar-refractivity contribution in [3.63, 3.8) is 0 Å². The molecule has 0 aliphatic carbocycles. The van der Waals surface area contributed by atoms with Crippen molar-refractivity contribution in [1.29, 1.82) is 5.26 Å². The van der Waals surface area contributed by atoms with E-state index in [2.05, 4.69) is 62.0 Å². The molecule has 3 saturated heterocycles. The molecule has 1 amide bonds. The van der Waals surface area contributed by atoms with Crippen LogP contribution in [-0.2, 0) is 22.5 Å². The summed E-state index contributed by atoms with van der Waals surface area (Å²) in [6.07, 6.45) is 8.46. The highest BCUT2D eigenvalue weighted by atomic mass is 16.5. The fourth-order valence-corrected chi connectivity index (χ4v) is 7.33. The van der Waals surface area contributed by atoms with Gasteiger partial charge in [-0.05, 0) is 51.4 Å². The Balaban J connectivity index is 1.16. The zero-order valence-electron chi connectivity index (χ0n) is 26.9. The first kappa shape index (κ1) is 30.3. The predicted molar refractivity (Wildman–Crippen MR) is 176 cm³/mol. The largest absolute Gasteiger partial charge is 0.475 e. The highest BCUT2D eigenvalue weighted by Crippen LogP contribution is 2.39. The van der Waals surface area contributed by atoms with Crippen molar-refractivity contribution < 1.29 is 14.3 Å². The van der Waals surface area contributed by atoms with Gasteiger partial charge < -0.3 is 34.0 Å². The Bertz CT molecular complexity index is 1650. The quantitative estimate of drug-likeness (QED) is 0.393. The molecule has 0 spiro atoms. The summed E-state index contributed by atoms with van der Waals surface area (Å²) < 4.78 is 11.8. The number of hydrogen-bond donors (Lipinski definition) is 1. The maximum absolute atomic E-state index is 13.1. The molecule has 46 heavy (non-hydrogen) atoms. The molecule has 3 fully saturated rings. The minimum absolute atomic E-state index is 0.0209. The smallest absolute Gasteiger partial charge is 0.248 e. The number of likely N-dealkylation sites (tertiary alicyclic amines) is 1. The predicted octanol–water partition coefficient (Wildman–Crippen LogP) is 2.67. The molecule has 1 N–H and O–H groups in total. The Morgan fingerprint density at radius 3 is 2.70 bits per heavy atom. The van der Waals surface area contributed by atoms with E-state index in [1.54, 1.807) is 6.08 Å². The number of nitrogens with one attached hydrogen (secondary N) is 1. The van der Waals surface area contributed by atoms with Crippen LogP contribution in [0.25, 0.3) is 10.9 Å². The lowest BCUT2D eigenvalue weighted by Crippen LogP contribution is -2.49. The van der Waals surface area contributed by atoms with Gasteiger partial charge in [0.1, 0.15) is 18.2 Å². The van der Waals surface area contributed by atoms with Crippen LogP contribution in [0.5, 0.6) is 5.88 Å². The highest BCUT2D eigenvalue weighted by Gasteiger charge is 2.32. The average Bonchev–Trinajstić information content (AvgIpc) is 3.74. The van der Waals surface area contributed by atoms with Crippen LogP contribution in [0.3, 0.4) is 0 Å². The molecule has 7 rings (SSSR count). The van der Waals surface area contributed by atoms with E-state index in [0.29, 0.717) is 70.0 Å². The molecule has 2 aromatic heterocycles. The van der Waals surface area contributed by atoms with E-state index in [1.807, 2.05) is 17.3 Å². The number of aromatic nitrogens is 3. The monoisotopic (exact) mass is 625 g/mol. The minimum atomic E-state index is 0.0209. The van der Waals surface area contributed by atoms with E-state index < -0.39 is 0 Å². The Kier molecular flexibility index (Phi) is 8.69. The van der Waals surface area contributed by atoms with Crippen LogP contribution in [0.4, 0.5) is 11.4 Å². The van der Waals surface area contributed by atoms with Crippen molar-refractivity contribution in [2.24, 2.45) is 0 Å². The van der Waals surface area contributed by atoms with Gasteiger partial charge in [-0.2, -0.15) is 10.4 Å². The number of piperazine rings is 1. The van der Waals surface area contributed by atoms with Crippen LogP contribution in [0, 0.1) is 18.3 Å². The van der Waals surface area contributed by atoms with Crippen LogP contribution >= 0.6 is 0 Å². The number of fused-ring (bicyclic) bond motifs is 2. The lowest BCUT2D eigenvalue weighted by Gasteiger charge is -2.39. The number of morpholine rings is 1. The van der Waals surface area contributed by atoms with Crippen LogP contribution in [-0.4, -0.2) is 121 Å². The average molecular weight is 626 g/mol. The molecule has 242 valence electrons. The lowest BCUT2D eigenvalue weighted by molar-refractivity contribution is -0.126. The Hall–Kier alpha value is -4.34. The number of anilines is 2. The molecule has 1 atom stereocenters. The van der Waals surface area contributed by atoms with Crippen LogP contribution in [0.1, 0.15) is 35.2 Å². The van der Waals surface area contributed by atoms with Gasteiger partial charge in [0.25, 0.3) is 0 Å². The molecule has 0 saturated carbocycles. The summed E-state index contributed by atoms with van der Waals surface area (Å²) in [4.78, 5) is 29.1. The van der Waals surface area contributed by atoms with Gasteiger partial charge in [0, 0.05) is 75.1 Å². The van der Waals surface area contributed by atoms with Crippen LogP contribution in [0.2, 0.25) is 0 Å². The van der Waals surface area contributed by atoms with Gasteiger partial charge in [0.2, 0.25) is 11.8 Å². The van der Waals surface area contributed by atoms with Gasteiger partial charge in [-0.1, -0.05) is 6.07 Å². The summed E-state index contributed by atoms with van der Waals surface area (Å²) in [5, 5.41) is 19.1. The van der Waals surface area contributed by atoms with Gasteiger partial charge in [0.05, 0.1) is 48.5 Å². The number of pyridine rings is 1. The third-order valence-corrected chi connectivity index (χ3v) is 9.98. The second kappa shape index (κ2) is 13.2. The molecule has 1 aromatic carbocycles. The molecule has 12 nitrogen and oxygen atoms in total. The Labute approximate surface area is 270 Å². The third kappa shape index (κ3) is 5.97. The number of hydrogen-bond acceptors (Lipinski definition) is 10. The van der Waals surface area contributed by atoms with Gasteiger partial charge >= 0.3 is 0 Å². The molecule has 0 bridgehead atoms. The van der Waals surface area contributed by atoms with Crippen molar-refractivity contribution >= 4 is 28.2 Å². The zero-order chi connectivity index (χ0) is 31.6. The molecule has 3 aromatic rings. The van der Waals surface area contributed by atoms with Crippen LogP contribution in [0.15, 0.2) is 30.6 Å². The maximum atomic E-state index is 13.1. The summed E-state index contributed by atoms with van der Waals surface area (Å²) in [6, 6.07) is 7.00. The molecule has 12 heteroatoms. The fourth-order valence-electron chi connectivity index (χ4n) is 7.33. The summed E-state index contributed by atoms with van der Waals surface area (Å²) in [7, 11) is 2.13. The molecule has 4 aliphatic rings. The number of nitrogens with zero attached hydrogens (tertiary/aromatic N) is 8. The van der Waals surface area contributed by atoms with Crippen molar-refractivity contribution in [3.8, 4) is 11.9 Å². The third-order valence-electron chi connectivity index (χ3n) is 9.98. The second-order valence-corrected chi connectivity index (χ2v) is 12.8. The number of amides is 1. The summed E-state index contributed by atoms with van der Waals surface area (Å²) in [5.41, 5.74) is 6.86. The number of aromatic amines is 1. The first-order valence-corrected chi connectivity index (χ1v) is 16.5. The standard InChI is InChI=1S/C34H43N9O3/c1-24-5-6-29-28(21-36-38-29)32(24)43-11-7-26-30(22-43)37-34(46-23-25-4-3-9-39(25)2)27(20-35)33(26)42-14-12-41(13-15-42)31(44)8-10-40-16-18-45-19-17-40/h5-6,8,10,21,25H,3-4,7,9,11-19,22-23H2,1-2H3,(H,36,38)/b10-8+/t25-/m0/s1. The first-order valence-electron chi connectivity index (χ1n) is 16.5. The van der Waals surface area contributed by atoms with Gasteiger partial charge in [-0.15, -0.1) is 0 Å². The van der Waals surface area contributed by atoms with E-state index in [9.17, 15) is 10.1 Å². The van der Waals surface area contributed by atoms with Gasteiger partial charge in [-0.3, -0.25) is 9.89 Å². The molecule has 0 unspecified atom stereocenters. The molecule has 6 heterocycles. The number of carbonyl (C=O) groups excluding carboxylic acids is 1. The number of rotatable bonds is 7. The van der Waals surface area contributed by atoms with Gasteiger partial charge in [0.15, 0.2) is 0 Å². The SMILES string of the molecule is Cc1ccc2[nH]ncc2c1N1CCc2c(nc(OC[C@@H]3CCCN3C)c(C#N)c2N2CCN(C(=O)/C=C/N3CCOCC3)CC2)C1. The summed E-state index contributed by atoms with van der Waals surface area (Å²) >= 11 is 0. The number of H-pyrrole nitrogens is 1. The van der Waals surface area contributed by atoms with E-state index in [-0.39, 0.29) is 5.91 Å². The van der Waals surface area contributed by atoms with E-state index in [1.165, 1.54) is 5.56 Å². The van der Waals surface area contributed by atoms with E-state index >= 15 is 0 Å². The number of carbonyl (C=O) groups is 1. The summed E-state index contributed by atoms with van der Waals surface area (Å²) in [5.74, 6) is 0.441. The number of ether oxygens (including phenoxy) is 2. The minimum Gasteiger partial charge on any atom is -0.475 e. The molecular weight excluding hydrogens is 582 g/mol. The van der Waals surface area contributed by atoms with Crippen molar-refractivity contribution in [3.05, 3.63) is 53.0 Å². The van der Waals surface area contributed by atoms with E-state index in [0.717, 1.165) is 79.0 Å². The zero-order valence-corrected chi connectivity index (χ0v) is 26.9. The lowest BCUT2D eigenvalue weighted by atomic mass is 9.97. The molecule has 0 radical (unpaired) electrons. The summed E-state index contributed by atoms with van der Waals surface area (Å²) in [6.45, 7) is 10.6. The highest BCUT2D eigenvalue weighted by molar-refractivity contribution is 5.93. The Morgan fingerprint density at radius 1 is 1.11 bits per heavy atom. The van der Waals surface area contributed by atoms with Crippen molar-refractivity contribution in [2.45, 2.75) is 38.8 Å². The van der Waals surface area contributed by atoms with Gasteiger partial charge in [-0.25, -0.2) is 4.98 Å².